The predicted molar refractivity (Wildman–Crippen MR) is 94.3 cm³/mol. The number of amides is 1. The van der Waals surface area contributed by atoms with Gasteiger partial charge in [0.05, 0.1) is 19.6 Å². The van der Waals surface area contributed by atoms with Gasteiger partial charge in [0.25, 0.3) is 5.91 Å². The minimum atomic E-state index is -0.0794. The lowest BCUT2D eigenvalue weighted by Crippen LogP contribution is -2.32. The van der Waals surface area contributed by atoms with Crippen molar-refractivity contribution >= 4 is 5.91 Å². The van der Waals surface area contributed by atoms with E-state index in [1.165, 1.54) is 6.33 Å². The molecule has 2 aromatic heterocycles. The Balaban J connectivity index is 1.74. The van der Waals surface area contributed by atoms with Gasteiger partial charge >= 0.3 is 0 Å². The highest BCUT2D eigenvalue weighted by Crippen LogP contribution is 2.14. The van der Waals surface area contributed by atoms with Crippen molar-refractivity contribution < 1.29 is 9.53 Å². The Labute approximate surface area is 146 Å². The highest BCUT2D eigenvalue weighted by Gasteiger charge is 2.17. The molecule has 0 radical (unpaired) electrons. The second-order valence-electron chi connectivity index (χ2n) is 5.61. The van der Waals surface area contributed by atoms with Crippen LogP contribution in [0.3, 0.4) is 0 Å². The number of nitrogens with zero attached hydrogens (tertiary/aromatic N) is 3. The summed E-state index contributed by atoms with van der Waals surface area (Å²) in [4.78, 5) is 25.7. The Morgan fingerprint density at radius 3 is 2.68 bits per heavy atom. The van der Waals surface area contributed by atoms with E-state index in [-0.39, 0.29) is 5.91 Å². The van der Waals surface area contributed by atoms with Gasteiger partial charge in [-0.1, -0.05) is 18.2 Å². The maximum Gasteiger partial charge on any atom is 0.272 e. The summed E-state index contributed by atoms with van der Waals surface area (Å²) < 4.78 is 5.18. The number of pyridine rings is 1. The molecule has 0 bridgehead atoms. The fraction of sp³-hybridized carbons (Fsp3) is 0.211. The largest absolute Gasteiger partial charge is 0.497 e. The Bertz CT molecular complexity index is 786. The first kappa shape index (κ1) is 16.7. The van der Waals surface area contributed by atoms with Crippen molar-refractivity contribution in [3.8, 4) is 5.75 Å². The van der Waals surface area contributed by atoms with E-state index >= 15 is 0 Å². The number of rotatable bonds is 7. The van der Waals surface area contributed by atoms with Gasteiger partial charge < -0.3 is 14.6 Å². The molecule has 6 nitrogen and oxygen atoms in total. The van der Waals surface area contributed by atoms with Crippen LogP contribution in [-0.2, 0) is 13.0 Å². The zero-order valence-electron chi connectivity index (χ0n) is 14.1. The molecule has 25 heavy (non-hydrogen) atoms. The molecule has 1 aromatic carbocycles. The Morgan fingerprint density at radius 2 is 2.04 bits per heavy atom. The molecule has 1 amide bonds. The SMILES string of the molecule is COc1ccc(CN(CCc2ccccn2)C(=O)c2cnc[nH]2)cc1. The number of methoxy groups -OCH3 is 1. The zero-order chi connectivity index (χ0) is 17.5. The zero-order valence-corrected chi connectivity index (χ0v) is 14.1. The van der Waals surface area contributed by atoms with Crippen molar-refractivity contribution in [1.82, 2.24) is 19.9 Å². The van der Waals surface area contributed by atoms with Crippen molar-refractivity contribution in [2.45, 2.75) is 13.0 Å². The summed E-state index contributed by atoms with van der Waals surface area (Å²) in [6.45, 7) is 1.08. The molecule has 0 fully saturated rings. The van der Waals surface area contributed by atoms with Crippen molar-refractivity contribution in [2.75, 3.05) is 13.7 Å². The number of imidazole rings is 1. The Morgan fingerprint density at radius 1 is 1.20 bits per heavy atom. The predicted octanol–water partition coefficient (Wildman–Crippen LogP) is 2.70. The van der Waals surface area contributed by atoms with Crippen LogP contribution in [0.2, 0.25) is 0 Å². The third-order valence-electron chi connectivity index (χ3n) is 3.91. The average molecular weight is 336 g/mol. The first-order valence-corrected chi connectivity index (χ1v) is 8.07. The van der Waals surface area contributed by atoms with Gasteiger partial charge in [-0.2, -0.15) is 0 Å². The lowest BCUT2D eigenvalue weighted by Gasteiger charge is -2.22. The molecule has 0 unspecified atom stereocenters. The minimum absolute atomic E-state index is 0.0794. The first-order valence-electron chi connectivity index (χ1n) is 8.07. The normalized spacial score (nSPS) is 10.4. The van der Waals surface area contributed by atoms with Crippen LogP contribution >= 0.6 is 0 Å². The molecule has 0 aliphatic carbocycles. The van der Waals surface area contributed by atoms with E-state index < -0.39 is 0 Å². The maximum absolute atomic E-state index is 12.8. The molecule has 6 heteroatoms. The summed E-state index contributed by atoms with van der Waals surface area (Å²) >= 11 is 0. The molecule has 1 N–H and O–H groups in total. The molecule has 3 rings (SSSR count). The number of carbonyl (C=O) groups is 1. The summed E-state index contributed by atoms with van der Waals surface area (Å²) in [5.41, 5.74) is 2.48. The average Bonchev–Trinajstić information content (AvgIpc) is 3.20. The van der Waals surface area contributed by atoms with E-state index in [1.54, 1.807) is 24.4 Å². The number of H-pyrrole nitrogens is 1. The van der Waals surface area contributed by atoms with Crippen molar-refractivity contribution in [3.63, 3.8) is 0 Å². The van der Waals surface area contributed by atoms with Gasteiger partial charge in [0.1, 0.15) is 11.4 Å². The molecule has 0 saturated heterocycles. The van der Waals surface area contributed by atoms with Crippen molar-refractivity contribution in [2.24, 2.45) is 0 Å². The third-order valence-corrected chi connectivity index (χ3v) is 3.91. The van der Waals surface area contributed by atoms with Gasteiger partial charge in [-0.15, -0.1) is 0 Å². The van der Waals surface area contributed by atoms with Crippen LogP contribution < -0.4 is 4.74 Å². The van der Waals surface area contributed by atoms with Gasteiger partial charge in [0.15, 0.2) is 0 Å². The number of benzene rings is 1. The van der Waals surface area contributed by atoms with Crippen LogP contribution in [0.5, 0.6) is 5.75 Å². The second kappa shape index (κ2) is 8.10. The van der Waals surface area contributed by atoms with Crippen LogP contribution in [0.15, 0.2) is 61.2 Å². The number of aromatic nitrogens is 3. The molecular formula is C19H20N4O2. The van der Waals surface area contributed by atoms with Crippen LogP contribution in [0.4, 0.5) is 0 Å². The molecule has 0 aliphatic rings. The van der Waals surface area contributed by atoms with E-state index in [1.807, 2.05) is 42.5 Å². The monoisotopic (exact) mass is 336 g/mol. The summed E-state index contributed by atoms with van der Waals surface area (Å²) in [6.07, 6.45) is 5.51. The number of hydrogen-bond donors (Lipinski definition) is 1. The third kappa shape index (κ3) is 4.44. The fourth-order valence-corrected chi connectivity index (χ4v) is 2.54. The number of carbonyl (C=O) groups excluding carboxylic acids is 1. The van der Waals surface area contributed by atoms with E-state index in [0.717, 1.165) is 17.0 Å². The van der Waals surface area contributed by atoms with Gasteiger partial charge in [0.2, 0.25) is 0 Å². The lowest BCUT2D eigenvalue weighted by atomic mass is 10.1. The second-order valence-corrected chi connectivity index (χ2v) is 5.61. The van der Waals surface area contributed by atoms with E-state index in [9.17, 15) is 4.79 Å². The van der Waals surface area contributed by atoms with E-state index in [2.05, 4.69) is 15.0 Å². The molecule has 0 saturated carbocycles. The Hall–Kier alpha value is -3.15. The molecule has 0 aliphatic heterocycles. The van der Waals surface area contributed by atoms with Crippen LogP contribution in [0.1, 0.15) is 21.7 Å². The number of hydrogen-bond acceptors (Lipinski definition) is 4. The summed E-state index contributed by atoms with van der Waals surface area (Å²) in [5, 5.41) is 0. The van der Waals surface area contributed by atoms with Crippen molar-refractivity contribution in [3.05, 3.63) is 78.1 Å². The van der Waals surface area contributed by atoms with E-state index in [4.69, 9.17) is 4.74 Å². The van der Waals surface area contributed by atoms with Crippen molar-refractivity contribution in [1.29, 1.82) is 0 Å². The van der Waals surface area contributed by atoms with Crippen LogP contribution in [0, 0.1) is 0 Å². The molecule has 0 spiro atoms. The number of aromatic amines is 1. The van der Waals surface area contributed by atoms with E-state index in [0.29, 0.717) is 25.2 Å². The molecule has 2 heterocycles. The molecule has 3 aromatic rings. The summed E-state index contributed by atoms with van der Waals surface area (Å²) in [5.74, 6) is 0.716. The topological polar surface area (TPSA) is 71.1 Å². The number of ether oxygens (including phenoxy) is 1. The van der Waals surface area contributed by atoms with Gasteiger partial charge in [-0.05, 0) is 29.8 Å². The summed E-state index contributed by atoms with van der Waals surface area (Å²) in [7, 11) is 1.63. The smallest absolute Gasteiger partial charge is 0.272 e. The highest BCUT2D eigenvalue weighted by molar-refractivity contribution is 5.92. The van der Waals surface area contributed by atoms with Crippen LogP contribution in [0.25, 0.3) is 0 Å². The highest BCUT2D eigenvalue weighted by atomic mass is 16.5. The minimum Gasteiger partial charge on any atom is -0.497 e. The lowest BCUT2D eigenvalue weighted by molar-refractivity contribution is 0.0739. The molecule has 0 atom stereocenters. The molecule has 128 valence electrons. The summed E-state index contributed by atoms with van der Waals surface area (Å²) in [6, 6.07) is 13.5. The maximum atomic E-state index is 12.8. The van der Waals surface area contributed by atoms with Gasteiger partial charge in [-0.3, -0.25) is 9.78 Å². The van der Waals surface area contributed by atoms with Gasteiger partial charge in [0, 0.05) is 31.4 Å². The number of nitrogens with one attached hydrogen (secondary N) is 1. The Kier molecular flexibility index (Phi) is 5.41. The fourth-order valence-electron chi connectivity index (χ4n) is 2.54. The standard InChI is InChI=1S/C19H20N4O2/c1-25-17-7-5-15(6-8-17)13-23(19(24)18-12-20-14-22-18)11-9-16-4-2-3-10-21-16/h2-8,10,12,14H,9,11,13H2,1H3,(H,20,22). The quantitative estimate of drug-likeness (QED) is 0.720. The van der Waals surface area contributed by atoms with Gasteiger partial charge in [-0.25, -0.2) is 4.98 Å². The first-order chi connectivity index (χ1) is 12.3. The van der Waals surface area contributed by atoms with Crippen LogP contribution in [-0.4, -0.2) is 39.4 Å². The molecular weight excluding hydrogens is 316 g/mol.